The van der Waals surface area contributed by atoms with E-state index in [4.69, 9.17) is 32.2 Å². The molecule has 1 aromatic rings. The molecule has 0 bridgehead atoms. The standard InChI is InChI=1S/C8H11FN4.HNO3/c9-7-3-6(13-8(11)12)2-1-5(7)4-10;2-1(3)4/h1-3H,4,10H2,(H4,11,12,13);(H,2,3,4). The smallest absolute Gasteiger partial charge is 0.291 e. The van der Waals surface area contributed by atoms with Crippen molar-refractivity contribution >= 4 is 11.6 Å². The van der Waals surface area contributed by atoms with Crippen molar-refractivity contribution in [3.05, 3.63) is 39.7 Å². The molecule has 0 aliphatic heterocycles. The van der Waals surface area contributed by atoms with E-state index in [-0.39, 0.29) is 12.5 Å². The first-order valence-electron chi connectivity index (χ1n) is 4.29. The zero-order chi connectivity index (χ0) is 13.4. The molecule has 0 aliphatic carbocycles. The highest BCUT2D eigenvalue weighted by Crippen LogP contribution is 2.13. The summed E-state index contributed by atoms with van der Waals surface area (Å²) in [5.74, 6) is -0.617. The van der Waals surface area contributed by atoms with Crippen LogP contribution in [0.25, 0.3) is 0 Å². The summed E-state index contributed by atoms with van der Waals surface area (Å²) >= 11 is 0. The molecule has 7 N–H and O–H groups in total. The third-order valence-corrected chi connectivity index (χ3v) is 1.55. The number of nitrogens with two attached hydrogens (primary N) is 2. The summed E-state index contributed by atoms with van der Waals surface area (Å²) < 4.78 is 13.1. The largest absolute Gasteiger partial charge is 0.370 e. The van der Waals surface area contributed by atoms with Gasteiger partial charge in [0.1, 0.15) is 5.82 Å². The van der Waals surface area contributed by atoms with E-state index in [0.29, 0.717) is 11.3 Å². The second-order valence-electron chi connectivity index (χ2n) is 2.79. The molecule has 0 radical (unpaired) electrons. The molecule has 0 heterocycles. The average molecular weight is 245 g/mol. The van der Waals surface area contributed by atoms with Crippen LogP contribution in [0, 0.1) is 21.3 Å². The number of benzene rings is 1. The molecule has 1 aromatic carbocycles. The normalized spacial score (nSPS) is 8.82. The zero-order valence-electron chi connectivity index (χ0n) is 8.68. The molecule has 17 heavy (non-hydrogen) atoms. The van der Waals surface area contributed by atoms with E-state index in [1.165, 1.54) is 6.07 Å². The van der Waals surface area contributed by atoms with Crippen molar-refractivity contribution in [3.8, 4) is 0 Å². The monoisotopic (exact) mass is 245 g/mol. The predicted molar refractivity (Wildman–Crippen MR) is 58.6 cm³/mol. The molecule has 9 heteroatoms. The van der Waals surface area contributed by atoms with Crippen LogP contribution in [0.2, 0.25) is 0 Å². The highest BCUT2D eigenvalue weighted by molar-refractivity contribution is 5.89. The van der Waals surface area contributed by atoms with E-state index in [2.05, 4.69) is 5.32 Å². The van der Waals surface area contributed by atoms with Crippen LogP contribution in [0.5, 0.6) is 0 Å². The number of nitrogens with zero attached hydrogens (tertiary/aromatic N) is 1. The minimum absolute atomic E-state index is 0.159. The zero-order valence-corrected chi connectivity index (χ0v) is 8.68. The van der Waals surface area contributed by atoms with Crippen LogP contribution in [0.4, 0.5) is 10.1 Å². The number of anilines is 1. The lowest BCUT2D eigenvalue weighted by molar-refractivity contribution is -0.742. The molecule has 0 atom stereocenters. The van der Waals surface area contributed by atoms with Crippen LogP contribution in [0.3, 0.4) is 0 Å². The van der Waals surface area contributed by atoms with Gasteiger partial charge in [0.15, 0.2) is 5.96 Å². The quantitative estimate of drug-likeness (QED) is 0.218. The summed E-state index contributed by atoms with van der Waals surface area (Å²) in [4.78, 5) is 8.36. The van der Waals surface area contributed by atoms with Crippen molar-refractivity contribution in [3.63, 3.8) is 0 Å². The maximum atomic E-state index is 13.1. The van der Waals surface area contributed by atoms with Gasteiger partial charge in [0.25, 0.3) is 5.09 Å². The summed E-state index contributed by atoms with van der Waals surface area (Å²) in [6, 6.07) is 4.43. The van der Waals surface area contributed by atoms with Gasteiger partial charge in [-0.05, 0) is 12.1 Å². The van der Waals surface area contributed by atoms with Gasteiger partial charge < -0.3 is 22.0 Å². The highest BCUT2D eigenvalue weighted by atomic mass is 19.1. The van der Waals surface area contributed by atoms with Gasteiger partial charge in [0, 0.05) is 17.8 Å². The first-order chi connectivity index (χ1) is 7.86. The number of halogens is 1. The highest BCUT2D eigenvalue weighted by Gasteiger charge is 2.01. The Kier molecular flexibility index (Phi) is 5.96. The maximum Gasteiger partial charge on any atom is 0.291 e. The fourth-order valence-corrected chi connectivity index (χ4v) is 0.946. The third-order valence-electron chi connectivity index (χ3n) is 1.55. The summed E-state index contributed by atoms with van der Waals surface area (Å²) in [5.41, 5.74) is 11.2. The number of guanidine groups is 1. The number of hydrogen-bond acceptors (Lipinski definition) is 4. The van der Waals surface area contributed by atoms with E-state index >= 15 is 0 Å². The molecular weight excluding hydrogens is 233 g/mol. The lowest BCUT2D eigenvalue weighted by Crippen LogP contribution is -2.20. The van der Waals surface area contributed by atoms with Crippen molar-refractivity contribution in [2.24, 2.45) is 11.5 Å². The minimum Gasteiger partial charge on any atom is -0.370 e. The molecular formula is C8H12FN5O3. The molecule has 0 saturated heterocycles. The van der Waals surface area contributed by atoms with Gasteiger partial charge in [0.05, 0.1) is 0 Å². The molecule has 94 valence electrons. The van der Waals surface area contributed by atoms with Gasteiger partial charge in [-0.2, -0.15) is 0 Å². The van der Waals surface area contributed by atoms with Gasteiger partial charge in [-0.15, -0.1) is 10.1 Å². The topological polar surface area (TPSA) is 151 Å². The first-order valence-corrected chi connectivity index (χ1v) is 4.29. The number of nitrogens with one attached hydrogen (secondary N) is 2. The lowest BCUT2D eigenvalue weighted by Gasteiger charge is -2.05. The second kappa shape index (κ2) is 6.95. The van der Waals surface area contributed by atoms with Crippen molar-refractivity contribution in [2.45, 2.75) is 6.54 Å². The van der Waals surface area contributed by atoms with Gasteiger partial charge in [-0.1, -0.05) is 6.07 Å². The summed E-state index contributed by atoms with van der Waals surface area (Å²) in [7, 11) is 0. The van der Waals surface area contributed by atoms with Crippen LogP contribution in [0.1, 0.15) is 5.56 Å². The maximum absolute atomic E-state index is 13.1. The predicted octanol–water partition coefficient (Wildman–Crippen LogP) is 0.242. The Balaban J connectivity index is 0.000000557. The van der Waals surface area contributed by atoms with Crippen LogP contribution in [-0.4, -0.2) is 16.3 Å². The third kappa shape index (κ3) is 6.62. The number of rotatable bonds is 2. The van der Waals surface area contributed by atoms with E-state index in [1.807, 2.05) is 0 Å². The van der Waals surface area contributed by atoms with Crippen LogP contribution in [-0.2, 0) is 6.54 Å². The summed E-state index contributed by atoms with van der Waals surface area (Å²) in [5, 5.41) is 23.0. The van der Waals surface area contributed by atoms with Crippen LogP contribution < -0.4 is 16.8 Å². The van der Waals surface area contributed by atoms with Gasteiger partial charge in [-0.25, -0.2) is 4.39 Å². The molecule has 1 rings (SSSR count). The molecule has 8 nitrogen and oxygen atoms in total. The minimum atomic E-state index is -1.50. The van der Waals surface area contributed by atoms with Crippen molar-refractivity contribution in [1.29, 1.82) is 5.41 Å². The van der Waals surface area contributed by atoms with Gasteiger partial charge in [-0.3, -0.25) is 5.41 Å². The second-order valence-corrected chi connectivity index (χ2v) is 2.79. The summed E-state index contributed by atoms with van der Waals surface area (Å²) in [6.45, 7) is 0.159. The Morgan fingerprint density at radius 1 is 1.65 bits per heavy atom. The average Bonchev–Trinajstić information content (AvgIpc) is 2.16. The first kappa shape index (κ1) is 14.6. The molecule has 0 fully saturated rings. The molecule has 0 saturated carbocycles. The van der Waals surface area contributed by atoms with Crippen molar-refractivity contribution in [2.75, 3.05) is 5.32 Å². The Hall–Kier alpha value is -2.42. The molecule has 0 unspecified atom stereocenters. The Labute approximate surface area is 95.6 Å². The lowest BCUT2D eigenvalue weighted by atomic mass is 10.2. The van der Waals surface area contributed by atoms with E-state index in [9.17, 15) is 4.39 Å². The van der Waals surface area contributed by atoms with E-state index in [1.54, 1.807) is 12.1 Å². The van der Waals surface area contributed by atoms with Crippen molar-refractivity contribution in [1.82, 2.24) is 0 Å². The van der Waals surface area contributed by atoms with E-state index in [0.717, 1.165) is 0 Å². The van der Waals surface area contributed by atoms with Gasteiger partial charge in [0.2, 0.25) is 0 Å². The van der Waals surface area contributed by atoms with Crippen molar-refractivity contribution < 1.29 is 14.7 Å². The molecule has 0 amide bonds. The Morgan fingerprint density at radius 2 is 2.18 bits per heavy atom. The fraction of sp³-hybridized carbons (Fsp3) is 0.125. The van der Waals surface area contributed by atoms with Gasteiger partial charge >= 0.3 is 0 Å². The fourth-order valence-electron chi connectivity index (χ4n) is 0.946. The SMILES string of the molecule is N=C(N)Nc1ccc(CN)c(F)c1.O=[N+]([O-])O. The Morgan fingerprint density at radius 3 is 2.53 bits per heavy atom. The summed E-state index contributed by atoms with van der Waals surface area (Å²) in [6.07, 6.45) is 0. The molecule has 0 aliphatic rings. The van der Waals surface area contributed by atoms with Crippen LogP contribution >= 0.6 is 0 Å². The number of hydrogen-bond donors (Lipinski definition) is 5. The molecule has 0 spiro atoms. The molecule has 0 aromatic heterocycles. The van der Waals surface area contributed by atoms with Crippen LogP contribution in [0.15, 0.2) is 18.2 Å². The Bertz CT molecular complexity index is 408. The van der Waals surface area contributed by atoms with E-state index < -0.39 is 10.9 Å².